The number of carbonyl (C=O) groups is 1. The molecule has 0 aromatic heterocycles. The minimum atomic E-state index is 0.0205. The second kappa shape index (κ2) is 7.57. The molecule has 0 saturated carbocycles. The van der Waals surface area contributed by atoms with E-state index in [0.29, 0.717) is 19.1 Å². The van der Waals surface area contributed by atoms with Crippen LogP contribution in [0.3, 0.4) is 0 Å². The first-order valence-electron chi connectivity index (χ1n) is 7.83. The molecule has 4 nitrogen and oxygen atoms in total. The van der Waals surface area contributed by atoms with E-state index >= 15 is 0 Å². The molecule has 4 heteroatoms. The highest BCUT2D eigenvalue weighted by Crippen LogP contribution is 2.19. The van der Waals surface area contributed by atoms with Gasteiger partial charge in [0, 0.05) is 18.7 Å². The average molecular weight is 290 g/mol. The lowest BCUT2D eigenvalue weighted by atomic mass is 9.94. The molecule has 0 radical (unpaired) electrons. The Bertz CT molecular complexity index is 486. The molecule has 1 amide bonds. The molecule has 0 saturated heterocycles. The molecule has 0 spiro atoms. The van der Waals surface area contributed by atoms with Gasteiger partial charge in [-0.15, -0.1) is 0 Å². The number of ether oxygens (including phenoxy) is 1. The zero-order valence-electron chi connectivity index (χ0n) is 13.2. The molecule has 2 rings (SSSR count). The SMILES string of the molecule is CCOCC(NC(=O)c1cccc2c1CCNC2)C(C)C. The highest BCUT2D eigenvalue weighted by atomic mass is 16.5. The van der Waals surface area contributed by atoms with Gasteiger partial charge < -0.3 is 15.4 Å². The summed E-state index contributed by atoms with van der Waals surface area (Å²) in [6.07, 6.45) is 0.913. The van der Waals surface area contributed by atoms with Crippen molar-refractivity contribution < 1.29 is 9.53 Å². The van der Waals surface area contributed by atoms with E-state index < -0.39 is 0 Å². The van der Waals surface area contributed by atoms with E-state index in [9.17, 15) is 4.79 Å². The van der Waals surface area contributed by atoms with Crippen molar-refractivity contribution in [3.63, 3.8) is 0 Å². The maximum absolute atomic E-state index is 12.6. The van der Waals surface area contributed by atoms with Gasteiger partial charge in [-0.05, 0) is 43.0 Å². The summed E-state index contributed by atoms with van der Waals surface area (Å²) in [5.74, 6) is 0.369. The Morgan fingerprint density at radius 1 is 1.43 bits per heavy atom. The van der Waals surface area contributed by atoms with Gasteiger partial charge in [-0.25, -0.2) is 0 Å². The van der Waals surface area contributed by atoms with Crippen molar-refractivity contribution in [3.05, 3.63) is 34.9 Å². The van der Waals surface area contributed by atoms with Gasteiger partial charge >= 0.3 is 0 Å². The van der Waals surface area contributed by atoms with Gasteiger partial charge in [-0.1, -0.05) is 26.0 Å². The predicted octanol–water partition coefficient (Wildman–Crippen LogP) is 2.12. The van der Waals surface area contributed by atoms with Crippen molar-refractivity contribution in [1.29, 1.82) is 0 Å². The molecule has 1 aliphatic heterocycles. The van der Waals surface area contributed by atoms with Crippen LogP contribution in [-0.2, 0) is 17.7 Å². The highest BCUT2D eigenvalue weighted by Gasteiger charge is 2.21. The third kappa shape index (κ3) is 4.05. The molecular formula is C17H26N2O2. The van der Waals surface area contributed by atoms with E-state index in [1.165, 1.54) is 11.1 Å². The zero-order valence-corrected chi connectivity index (χ0v) is 13.2. The molecule has 116 valence electrons. The van der Waals surface area contributed by atoms with E-state index in [1.54, 1.807) is 0 Å². The third-order valence-electron chi connectivity index (χ3n) is 4.01. The van der Waals surface area contributed by atoms with Crippen LogP contribution in [0.4, 0.5) is 0 Å². The first-order valence-corrected chi connectivity index (χ1v) is 7.83. The van der Waals surface area contributed by atoms with Crippen LogP contribution in [0.25, 0.3) is 0 Å². The first-order chi connectivity index (χ1) is 10.1. The summed E-state index contributed by atoms with van der Waals surface area (Å²) >= 11 is 0. The Balaban J connectivity index is 2.12. The van der Waals surface area contributed by atoms with E-state index in [2.05, 4.69) is 30.5 Å². The number of rotatable bonds is 6. The second-order valence-electron chi connectivity index (χ2n) is 5.85. The van der Waals surface area contributed by atoms with Crippen molar-refractivity contribution in [2.75, 3.05) is 19.8 Å². The molecule has 1 heterocycles. The molecule has 1 aromatic carbocycles. The number of fused-ring (bicyclic) bond motifs is 1. The second-order valence-corrected chi connectivity index (χ2v) is 5.85. The minimum Gasteiger partial charge on any atom is -0.380 e. The van der Waals surface area contributed by atoms with Crippen LogP contribution in [-0.4, -0.2) is 31.7 Å². The van der Waals surface area contributed by atoms with Crippen molar-refractivity contribution in [1.82, 2.24) is 10.6 Å². The van der Waals surface area contributed by atoms with Gasteiger partial charge in [0.2, 0.25) is 0 Å². The summed E-state index contributed by atoms with van der Waals surface area (Å²) in [7, 11) is 0. The standard InChI is InChI=1S/C17H26N2O2/c1-4-21-11-16(12(2)3)19-17(20)15-7-5-6-13-10-18-9-8-14(13)15/h5-7,12,16,18H,4,8-11H2,1-3H3,(H,19,20). The number of hydrogen-bond donors (Lipinski definition) is 2. The number of amides is 1. The number of benzene rings is 1. The smallest absolute Gasteiger partial charge is 0.251 e. The molecule has 0 bridgehead atoms. The average Bonchev–Trinajstić information content (AvgIpc) is 2.50. The van der Waals surface area contributed by atoms with Crippen molar-refractivity contribution >= 4 is 5.91 Å². The monoisotopic (exact) mass is 290 g/mol. The van der Waals surface area contributed by atoms with Crippen LogP contribution in [0.1, 0.15) is 42.3 Å². The van der Waals surface area contributed by atoms with E-state index in [4.69, 9.17) is 4.74 Å². The van der Waals surface area contributed by atoms with Crippen LogP contribution in [0.15, 0.2) is 18.2 Å². The maximum Gasteiger partial charge on any atom is 0.251 e. The number of hydrogen-bond acceptors (Lipinski definition) is 3. The minimum absolute atomic E-state index is 0.0205. The fraction of sp³-hybridized carbons (Fsp3) is 0.588. The molecule has 1 aliphatic rings. The fourth-order valence-corrected chi connectivity index (χ4v) is 2.64. The quantitative estimate of drug-likeness (QED) is 0.844. The summed E-state index contributed by atoms with van der Waals surface area (Å²) < 4.78 is 5.48. The van der Waals surface area contributed by atoms with Crippen molar-refractivity contribution in [3.8, 4) is 0 Å². The molecule has 1 atom stereocenters. The summed E-state index contributed by atoms with van der Waals surface area (Å²) in [6.45, 7) is 9.21. The van der Waals surface area contributed by atoms with Gasteiger partial charge in [0.05, 0.1) is 12.6 Å². The summed E-state index contributed by atoms with van der Waals surface area (Å²) in [5, 5.41) is 6.48. The zero-order chi connectivity index (χ0) is 15.2. The van der Waals surface area contributed by atoms with Gasteiger partial charge in [-0.2, -0.15) is 0 Å². The number of nitrogens with one attached hydrogen (secondary N) is 2. The normalized spacial score (nSPS) is 15.6. The van der Waals surface area contributed by atoms with Crippen molar-refractivity contribution in [2.24, 2.45) is 5.92 Å². The summed E-state index contributed by atoms with van der Waals surface area (Å²) in [6, 6.07) is 6.04. The van der Waals surface area contributed by atoms with Crippen molar-refractivity contribution in [2.45, 2.75) is 39.8 Å². The summed E-state index contributed by atoms with van der Waals surface area (Å²) in [4.78, 5) is 12.6. The molecule has 1 unspecified atom stereocenters. The van der Waals surface area contributed by atoms with Crippen LogP contribution in [0, 0.1) is 5.92 Å². The lowest BCUT2D eigenvalue weighted by Crippen LogP contribution is -2.42. The fourth-order valence-electron chi connectivity index (χ4n) is 2.64. The van der Waals surface area contributed by atoms with Crippen LogP contribution >= 0.6 is 0 Å². The van der Waals surface area contributed by atoms with Crippen LogP contribution in [0.2, 0.25) is 0 Å². The summed E-state index contributed by atoms with van der Waals surface area (Å²) in [5.41, 5.74) is 3.24. The molecule has 21 heavy (non-hydrogen) atoms. The van der Waals surface area contributed by atoms with Gasteiger partial charge in [0.15, 0.2) is 0 Å². The third-order valence-corrected chi connectivity index (χ3v) is 4.01. The van der Waals surface area contributed by atoms with Gasteiger partial charge in [0.25, 0.3) is 5.91 Å². The van der Waals surface area contributed by atoms with Gasteiger partial charge in [0.1, 0.15) is 0 Å². The van der Waals surface area contributed by atoms with Crippen LogP contribution < -0.4 is 10.6 Å². The maximum atomic E-state index is 12.6. The first kappa shape index (κ1) is 16.0. The topological polar surface area (TPSA) is 50.4 Å². The largest absolute Gasteiger partial charge is 0.380 e. The Morgan fingerprint density at radius 2 is 2.24 bits per heavy atom. The molecule has 0 aliphatic carbocycles. The molecular weight excluding hydrogens is 264 g/mol. The van der Waals surface area contributed by atoms with Gasteiger partial charge in [-0.3, -0.25) is 4.79 Å². The van der Waals surface area contributed by atoms with E-state index in [-0.39, 0.29) is 11.9 Å². The lowest BCUT2D eigenvalue weighted by Gasteiger charge is -2.24. The highest BCUT2D eigenvalue weighted by molar-refractivity contribution is 5.96. The predicted molar refractivity (Wildman–Crippen MR) is 84.4 cm³/mol. The van der Waals surface area contributed by atoms with E-state index in [0.717, 1.165) is 25.1 Å². The molecule has 1 aromatic rings. The van der Waals surface area contributed by atoms with Crippen LogP contribution in [0.5, 0.6) is 0 Å². The number of carbonyl (C=O) groups excluding carboxylic acids is 1. The molecule has 0 fully saturated rings. The Labute approximate surface area is 127 Å². The Morgan fingerprint density at radius 3 is 2.95 bits per heavy atom. The lowest BCUT2D eigenvalue weighted by molar-refractivity contribution is 0.0805. The molecule has 2 N–H and O–H groups in total. The Hall–Kier alpha value is -1.39. The van der Waals surface area contributed by atoms with E-state index in [1.807, 2.05) is 19.1 Å². The Kier molecular flexibility index (Phi) is 5.76.